The molecule has 1 aliphatic rings. The number of aromatic nitrogens is 4. The van der Waals surface area contributed by atoms with Crippen LogP contribution in [-0.2, 0) is 0 Å². The summed E-state index contributed by atoms with van der Waals surface area (Å²) in [5, 5.41) is 4.36. The van der Waals surface area contributed by atoms with Crippen molar-refractivity contribution in [2.24, 2.45) is 5.92 Å². The number of hydrogen-bond donors (Lipinski definition) is 1. The van der Waals surface area contributed by atoms with Crippen LogP contribution in [0, 0.1) is 17.6 Å². The van der Waals surface area contributed by atoms with Crippen molar-refractivity contribution in [3.63, 3.8) is 0 Å². The summed E-state index contributed by atoms with van der Waals surface area (Å²) >= 11 is 0. The van der Waals surface area contributed by atoms with E-state index in [1.165, 1.54) is 25.0 Å². The van der Waals surface area contributed by atoms with E-state index in [0.717, 1.165) is 17.2 Å². The summed E-state index contributed by atoms with van der Waals surface area (Å²) in [7, 11) is 0. The van der Waals surface area contributed by atoms with Gasteiger partial charge in [0.25, 0.3) is 0 Å². The predicted molar refractivity (Wildman–Crippen MR) is 74.7 cm³/mol. The van der Waals surface area contributed by atoms with Gasteiger partial charge in [-0.05, 0) is 37.8 Å². The van der Waals surface area contributed by atoms with Gasteiger partial charge in [0.2, 0.25) is 0 Å². The number of halogens is 2. The Bertz CT molecular complexity index is 796. The van der Waals surface area contributed by atoms with Crippen LogP contribution in [-0.4, -0.2) is 19.7 Å². The van der Waals surface area contributed by atoms with E-state index < -0.39 is 11.6 Å². The summed E-state index contributed by atoms with van der Waals surface area (Å²) in [6, 6.07) is 3.68. The number of imidazole rings is 1. The van der Waals surface area contributed by atoms with Crippen LogP contribution in [0.2, 0.25) is 0 Å². The van der Waals surface area contributed by atoms with Crippen molar-refractivity contribution in [2.75, 3.05) is 0 Å². The summed E-state index contributed by atoms with van der Waals surface area (Å²) in [4.78, 5) is 7.54. The largest absolute Gasteiger partial charge is 0.335 e. The van der Waals surface area contributed by atoms with Crippen LogP contribution < -0.4 is 0 Å². The first-order chi connectivity index (χ1) is 10.1. The molecule has 108 valence electrons. The second-order valence-corrected chi connectivity index (χ2v) is 5.65. The number of nitrogens with zero attached hydrogens (tertiary/aromatic N) is 3. The van der Waals surface area contributed by atoms with Gasteiger partial charge in [-0.1, -0.05) is 0 Å². The van der Waals surface area contributed by atoms with Gasteiger partial charge in [-0.2, -0.15) is 5.10 Å². The number of H-pyrrole nitrogens is 1. The molecular weight excluding hydrogens is 274 g/mol. The highest BCUT2D eigenvalue weighted by atomic mass is 19.1. The molecule has 2 heterocycles. The van der Waals surface area contributed by atoms with Gasteiger partial charge >= 0.3 is 0 Å². The van der Waals surface area contributed by atoms with Crippen molar-refractivity contribution in [3.8, 4) is 11.4 Å². The van der Waals surface area contributed by atoms with Crippen LogP contribution in [0.5, 0.6) is 0 Å². The van der Waals surface area contributed by atoms with Crippen molar-refractivity contribution in [1.82, 2.24) is 19.7 Å². The predicted octanol–water partition coefficient (Wildman–Crippen LogP) is 3.68. The third-order valence-electron chi connectivity index (χ3n) is 4.07. The molecule has 1 N–H and O–H groups in total. The Hall–Kier alpha value is -2.24. The molecule has 0 aliphatic heterocycles. The maximum absolute atomic E-state index is 13.3. The molecule has 1 saturated carbocycles. The quantitative estimate of drug-likeness (QED) is 0.799. The highest BCUT2D eigenvalue weighted by Gasteiger charge is 2.31. The molecule has 0 saturated heterocycles. The summed E-state index contributed by atoms with van der Waals surface area (Å²) in [6.07, 6.45) is 4.14. The molecule has 1 atom stereocenters. The SMILES string of the molecule is CC(C1CC1)n1ncc2[nH]c(-c3cc(F)cc(F)c3)nc21. The number of nitrogens with one attached hydrogen (secondary N) is 1. The molecule has 4 rings (SSSR count). The molecule has 0 radical (unpaired) electrons. The lowest BCUT2D eigenvalue weighted by molar-refractivity contribution is 0.451. The first kappa shape index (κ1) is 12.5. The maximum Gasteiger partial charge on any atom is 0.177 e. The second-order valence-electron chi connectivity index (χ2n) is 5.65. The molecule has 1 aliphatic carbocycles. The van der Waals surface area contributed by atoms with Crippen molar-refractivity contribution in [1.29, 1.82) is 0 Å². The fourth-order valence-corrected chi connectivity index (χ4v) is 2.72. The first-order valence-corrected chi connectivity index (χ1v) is 7.01. The first-order valence-electron chi connectivity index (χ1n) is 7.01. The standard InChI is InChI=1S/C15H14F2N4/c1-8(9-2-3-9)21-15-13(7-18-21)19-14(20-15)10-4-11(16)6-12(17)5-10/h4-9H,2-3H2,1H3,(H,19,20). The molecule has 0 spiro atoms. The molecule has 3 aromatic rings. The number of rotatable bonds is 3. The lowest BCUT2D eigenvalue weighted by Crippen LogP contribution is -2.08. The second kappa shape index (κ2) is 4.38. The molecule has 6 heteroatoms. The minimum Gasteiger partial charge on any atom is -0.335 e. The molecule has 0 bridgehead atoms. The Morgan fingerprint density at radius 3 is 2.62 bits per heavy atom. The minimum atomic E-state index is -0.613. The van der Waals surface area contributed by atoms with E-state index >= 15 is 0 Å². The van der Waals surface area contributed by atoms with Crippen molar-refractivity contribution in [3.05, 3.63) is 36.0 Å². The zero-order valence-corrected chi connectivity index (χ0v) is 11.5. The Morgan fingerprint density at radius 2 is 1.95 bits per heavy atom. The zero-order valence-electron chi connectivity index (χ0n) is 11.5. The molecular formula is C15H14F2N4. The van der Waals surface area contributed by atoms with Crippen LogP contribution in [0.15, 0.2) is 24.4 Å². The molecule has 1 aromatic carbocycles. The van der Waals surface area contributed by atoms with E-state index in [4.69, 9.17) is 0 Å². The molecule has 1 fully saturated rings. The van der Waals surface area contributed by atoms with E-state index in [2.05, 4.69) is 22.0 Å². The molecule has 2 aromatic heterocycles. The molecule has 1 unspecified atom stereocenters. The van der Waals surface area contributed by atoms with Gasteiger partial charge in [0, 0.05) is 11.6 Å². The average Bonchev–Trinajstić information content (AvgIpc) is 3.07. The van der Waals surface area contributed by atoms with Crippen LogP contribution in [0.4, 0.5) is 8.78 Å². The fraction of sp³-hybridized carbons (Fsp3) is 0.333. The Labute approximate surface area is 119 Å². The number of benzene rings is 1. The molecule has 0 amide bonds. The molecule has 4 nitrogen and oxygen atoms in total. The zero-order chi connectivity index (χ0) is 14.6. The highest BCUT2D eigenvalue weighted by molar-refractivity contribution is 5.76. The van der Waals surface area contributed by atoms with Crippen molar-refractivity contribution < 1.29 is 8.78 Å². The Morgan fingerprint density at radius 1 is 1.24 bits per heavy atom. The average molecular weight is 288 g/mol. The van der Waals surface area contributed by atoms with E-state index in [9.17, 15) is 8.78 Å². The van der Waals surface area contributed by atoms with E-state index in [1.54, 1.807) is 6.20 Å². The van der Waals surface area contributed by atoms with Gasteiger partial charge in [0.15, 0.2) is 5.65 Å². The van der Waals surface area contributed by atoms with Gasteiger partial charge in [-0.15, -0.1) is 0 Å². The van der Waals surface area contributed by atoms with Crippen molar-refractivity contribution in [2.45, 2.75) is 25.8 Å². The monoisotopic (exact) mass is 288 g/mol. The van der Waals surface area contributed by atoms with Crippen molar-refractivity contribution >= 4 is 11.2 Å². The van der Waals surface area contributed by atoms with E-state index in [-0.39, 0.29) is 0 Å². The minimum absolute atomic E-state index is 0.294. The topological polar surface area (TPSA) is 46.5 Å². The Kier molecular flexibility index (Phi) is 2.60. The third kappa shape index (κ3) is 2.11. The lowest BCUT2D eigenvalue weighted by atomic mass is 10.2. The summed E-state index contributed by atoms with van der Waals surface area (Å²) in [5.74, 6) is -0.116. The highest BCUT2D eigenvalue weighted by Crippen LogP contribution is 2.40. The van der Waals surface area contributed by atoms with Crippen LogP contribution in [0.25, 0.3) is 22.6 Å². The fourth-order valence-electron chi connectivity index (χ4n) is 2.72. The van der Waals surface area contributed by atoms with E-state index in [0.29, 0.717) is 23.3 Å². The van der Waals surface area contributed by atoms with Gasteiger partial charge in [0.05, 0.1) is 12.2 Å². The van der Waals surface area contributed by atoms with Crippen LogP contribution >= 0.6 is 0 Å². The van der Waals surface area contributed by atoms with Gasteiger partial charge in [0.1, 0.15) is 23.0 Å². The summed E-state index contributed by atoms with van der Waals surface area (Å²) < 4.78 is 28.5. The smallest absolute Gasteiger partial charge is 0.177 e. The molecule has 21 heavy (non-hydrogen) atoms. The summed E-state index contributed by atoms with van der Waals surface area (Å²) in [6.45, 7) is 2.13. The normalized spacial score (nSPS) is 16.5. The lowest BCUT2D eigenvalue weighted by Gasteiger charge is -2.10. The number of fused-ring (bicyclic) bond motifs is 1. The third-order valence-corrected chi connectivity index (χ3v) is 4.07. The van der Waals surface area contributed by atoms with E-state index in [1.807, 2.05) is 4.68 Å². The maximum atomic E-state index is 13.3. The van der Waals surface area contributed by atoms with Gasteiger partial charge in [-0.3, -0.25) is 0 Å². The van der Waals surface area contributed by atoms with Crippen LogP contribution in [0.3, 0.4) is 0 Å². The Balaban J connectivity index is 1.80. The summed E-state index contributed by atoms with van der Waals surface area (Å²) in [5.41, 5.74) is 1.91. The van der Waals surface area contributed by atoms with Gasteiger partial charge in [-0.25, -0.2) is 18.4 Å². The number of aromatic amines is 1. The number of hydrogen-bond acceptors (Lipinski definition) is 2. The van der Waals surface area contributed by atoms with Crippen LogP contribution in [0.1, 0.15) is 25.8 Å². The van der Waals surface area contributed by atoms with Gasteiger partial charge < -0.3 is 4.98 Å².